The lowest BCUT2D eigenvalue weighted by Crippen LogP contribution is -2.18. The summed E-state index contributed by atoms with van der Waals surface area (Å²) in [4.78, 5) is 21.5. The van der Waals surface area contributed by atoms with Gasteiger partial charge in [-0.2, -0.15) is 0 Å². The van der Waals surface area contributed by atoms with Crippen LogP contribution in [0.4, 0.5) is 5.69 Å². The van der Waals surface area contributed by atoms with Crippen LogP contribution in [0.2, 0.25) is 5.02 Å². The van der Waals surface area contributed by atoms with Gasteiger partial charge in [-0.25, -0.2) is 0 Å². The molecular weight excluding hydrogens is 272 g/mol. The van der Waals surface area contributed by atoms with Crippen LogP contribution in [0.15, 0.2) is 18.2 Å². The molecule has 0 bridgehead atoms. The third kappa shape index (κ3) is 4.50. The Kier molecular flexibility index (Phi) is 5.72. The fourth-order valence-corrected chi connectivity index (χ4v) is 2.03. The number of nitro groups is 1. The van der Waals surface area contributed by atoms with Gasteiger partial charge in [0.25, 0.3) is 5.69 Å². The Hall–Kier alpha value is -1.66. The highest BCUT2D eigenvalue weighted by molar-refractivity contribution is 6.30. The van der Waals surface area contributed by atoms with Crippen molar-refractivity contribution in [1.82, 2.24) is 0 Å². The van der Waals surface area contributed by atoms with Crippen molar-refractivity contribution < 1.29 is 14.8 Å². The van der Waals surface area contributed by atoms with Crippen LogP contribution >= 0.6 is 11.6 Å². The zero-order valence-electron chi connectivity index (χ0n) is 10.2. The Morgan fingerprint density at radius 2 is 2.21 bits per heavy atom. The Balaban J connectivity index is 2.97. The molecule has 3 N–H and O–H groups in total. The van der Waals surface area contributed by atoms with Crippen molar-refractivity contribution in [2.24, 2.45) is 11.7 Å². The Bertz CT molecular complexity index is 479. The van der Waals surface area contributed by atoms with Crippen LogP contribution in [0.25, 0.3) is 0 Å². The minimum absolute atomic E-state index is 0.0756. The lowest BCUT2D eigenvalue weighted by atomic mass is 9.94. The SMILES string of the molecule is NCCCC(Cc1cc(Cl)ccc1[N+](=O)[O-])C(=O)O. The summed E-state index contributed by atoms with van der Waals surface area (Å²) in [5.74, 6) is -1.68. The van der Waals surface area contributed by atoms with E-state index in [9.17, 15) is 14.9 Å². The largest absolute Gasteiger partial charge is 0.481 e. The van der Waals surface area contributed by atoms with Crippen LogP contribution in [-0.2, 0) is 11.2 Å². The van der Waals surface area contributed by atoms with Gasteiger partial charge < -0.3 is 10.8 Å². The predicted octanol–water partition coefficient (Wildman–Crippen LogP) is 2.23. The number of carboxylic acids is 1. The molecule has 0 aliphatic heterocycles. The van der Waals surface area contributed by atoms with Crippen molar-refractivity contribution in [3.8, 4) is 0 Å². The van der Waals surface area contributed by atoms with Crippen LogP contribution in [0.5, 0.6) is 0 Å². The Morgan fingerprint density at radius 1 is 1.53 bits per heavy atom. The molecule has 1 aromatic carbocycles. The van der Waals surface area contributed by atoms with E-state index in [1.807, 2.05) is 0 Å². The molecule has 0 saturated heterocycles. The van der Waals surface area contributed by atoms with E-state index >= 15 is 0 Å². The molecule has 0 aliphatic rings. The van der Waals surface area contributed by atoms with E-state index in [1.54, 1.807) is 0 Å². The van der Waals surface area contributed by atoms with Crippen molar-refractivity contribution in [2.45, 2.75) is 19.3 Å². The lowest BCUT2D eigenvalue weighted by Gasteiger charge is -2.12. The number of nitro benzene ring substituents is 1. The number of hydrogen-bond acceptors (Lipinski definition) is 4. The van der Waals surface area contributed by atoms with E-state index in [0.717, 1.165) is 0 Å². The average Bonchev–Trinajstić information content (AvgIpc) is 2.33. The van der Waals surface area contributed by atoms with Crippen LogP contribution in [0.3, 0.4) is 0 Å². The zero-order chi connectivity index (χ0) is 14.4. The van der Waals surface area contributed by atoms with Gasteiger partial charge in [0.15, 0.2) is 0 Å². The standard InChI is InChI=1S/C12H15ClN2O4/c13-10-3-4-11(15(18)19)9(7-10)6-8(12(16)17)2-1-5-14/h3-4,7-8H,1-2,5-6,14H2,(H,16,17). The highest BCUT2D eigenvalue weighted by Crippen LogP contribution is 2.26. The first kappa shape index (κ1) is 15.4. The lowest BCUT2D eigenvalue weighted by molar-refractivity contribution is -0.385. The molecule has 1 rings (SSSR count). The molecule has 1 atom stereocenters. The molecule has 0 heterocycles. The number of halogens is 1. The topological polar surface area (TPSA) is 106 Å². The van der Waals surface area contributed by atoms with Gasteiger partial charge in [-0.15, -0.1) is 0 Å². The van der Waals surface area contributed by atoms with Crippen LogP contribution in [-0.4, -0.2) is 22.5 Å². The van der Waals surface area contributed by atoms with Gasteiger partial charge in [0.1, 0.15) is 0 Å². The molecule has 0 aliphatic carbocycles. The molecule has 0 aromatic heterocycles. The molecule has 1 aromatic rings. The predicted molar refractivity (Wildman–Crippen MR) is 71.2 cm³/mol. The summed E-state index contributed by atoms with van der Waals surface area (Å²) in [6.07, 6.45) is 1.02. The molecule has 6 nitrogen and oxygen atoms in total. The van der Waals surface area contributed by atoms with Crippen molar-refractivity contribution >= 4 is 23.3 Å². The molecule has 0 spiro atoms. The van der Waals surface area contributed by atoms with Gasteiger partial charge in [0.05, 0.1) is 10.8 Å². The van der Waals surface area contributed by atoms with Gasteiger partial charge in [-0.1, -0.05) is 11.6 Å². The summed E-state index contributed by atoms with van der Waals surface area (Å²) in [5, 5.41) is 20.4. The first-order valence-corrected chi connectivity index (χ1v) is 6.19. The summed E-state index contributed by atoms with van der Waals surface area (Å²) < 4.78 is 0. The third-order valence-electron chi connectivity index (χ3n) is 2.81. The number of benzene rings is 1. The number of aliphatic carboxylic acids is 1. The molecule has 7 heteroatoms. The minimum atomic E-state index is -0.984. The van der Waals surface area contributed by atoms with E-state index in [2.05, 4.69) is 0 Å². The van der Waals surface area contributed by atoms with Crippen LogP contribution < -0.4 is 5.73 Å². The fraction of sp³-hybridized carbons (Fsp3) is 0.417. The number of rotatable bonds is 7. The van der Waals surface area contributed by atoms with Gasteiger partial charge in [-0.05, 0) is 37.9 Å². The highest BCUT2D eigenvalue weighted by Gasteiger charge is 2.22. The van der Waals surface area contributed by atoms with Gasteiger partial charge in [-0.3, -0.25) is 14.9 Å². The summed E-state index contributed by atoms with van der Waals surface area (Å²) in [6, 6.07) is 4.15. The zero-order valence-corrected chi connectivity index (χ0v) is 11.0. The molecule has 19 heavy (non-hydrogen) atoms. The number of carboxylic acid groups (broad SMARTS) is 1. The fourth-order valence-electron chi connectivity index (χ4n) is 1.84. The Labute approximate surface area is 115 Å². The summed E-state index contributed by atoms with van der Waals surface area (Å²) in [6.45, 7) is 0.390. The number of nitrogens with zero attached hydrogens (tertiary/aromatic N) is 1. The maximum absolute atomic E-state index is 11.1. The number of carbonyl (C=O) groups is 1. The maximum Gasteiger partial charge on any atom is 0.306 e. The Morgan fingerprint density at radius 3 is 2.74 bits per heavy atom. The highest BCUT2D eigenvalue weighted by atomic mass is 35.5. The van der Waals surface area contributed by atoms with Crippen molar-refractivity contribution in [3.05, 3.63) is 38.9 Å². The second-order valence-electron chi connectivity index (χ2n) is 4.20. The summed E-state index contributed by atoms with van der Waals surface area (Å²) in [5.41, 5.74) is 5.58. The number of nitrogens with two attached hydrogens (primary N) is 1. The quantitative estimate of drug-likeness (QED) is 0.590. The molecule has 0 amide bonds. The van der Waals surface area contributed by atoms with E-state index in [-0.39, 0.29) is 12.1 Å². The summed E-state index contributed by atoms with van der Waals surface area (Å²) >= 11 is 5.80. The first-order valence-electron chi connectivity index (χ1n) is 5.81. The van der Waals surface area contributed by atoms with Gasteiger partial charge >= 0.3 is 5.97 Å². The van der Waals surface area contributed by atoms with E-state index in [4.69, 9.17) is 22.4 Å². The van der Waals surface area contributed by atoms with Crippen molar-refractivity contribution in [3.63, 3.8) is 0 Å². The molecule has 0 fully saturated rings. The summed E-state index contributed by atoms with van der Waals surface area (Å²) in [7, 11) is 0. The van der Waals surface area contributed by atoms with Gasteiger partial charge in [0.2, 0.25) is 0 Å². The number of hydrogen-bond donors (Lipinski definition) is 2. The van der Waals surface area contributed by atoms with Crippen LogP contribution in [0, 0.1) is 16.0 Å². The van der Waals surface area contributed by atoms with Crippen molar-refractivity contribution in [2.75, 3.05) is 6.54 Å². The molecule has 1 unspecified atom stereocenters. The first-order chi connectivity index (χ1) is 8.95. The second-order valence-corrected chi connectivity index (χ2v) is 4.64. The smallest absolute Gasteiger partial charge is 0.306 e. The second kappa shape index (κ2) is 7.06. The average molecular weight is 287 g/mol. The molecule has 0 radical (unpaired) electrons. The normalized spacial score (nSPS) is 12.1. The van der Waals surface area contributed by atoms with Crippen LogP contribution in [0.1, 0.15) is 18.4 Å². The maximum atomic E-state index is 11.1. The van der Waals surface area contributed by atoms with Gasteiger partial charge in [0, 0.05) is 16.7 Å². The molecule has 104 valence electrons. The van der Waals surface area contributed by atoms with E-state index < -0.39 is 16.8 Å². The monoisotopic (exact) mass is 286 g/mol. The third-order valence-corrected chi connectivity index (χ3v) is 3.05. The molecule has 0 saturated carbocycles. The van der Waals surface area contributed by atoms with E-state index in [0.29, 0.717) is 30.0 Å². The van der Waals surface area contributed by atoms with E-state index in [1.165, 1.54) is 18.2 Å². The van der Waals surface area contributed by atoms with Crippen molar-refractivity contribution in [1.29, 1.82) is 0 Å². The minimum Gasteiger partial charge on any atom is -0.481 e. The molecular formula is C12H15ClN2O4.